The number of carbonyl (C=O) groups excluding carboxylic acids is 2. The molecule has 0 aromatic carbocycles. The monoisotopic (exact) mass is 287 g/mol. The summed E-state index contributed by atoms with van der Waals surface area (Å²) in [7, 11) is 0. The van der Waals surface area contributed by atoms with E-state index in [1.807, 2.05) is 11.3 Å². The van der Waals surface area contributed by atoms with Crippen LogP contribution in [0.1, 0.15) is 23.7 Å². The summed E-state index contributed by atoms with van der Waals surface area (Å²) in [6.45, 7) is 3.62. The van der Waals surface area contributed by atoms with E-state index in [1.54, 1.807) is 35.8 Å². The van der Waals surface area contributed by atoms with E-state index in [0.29, 0.717) is 25.1 Å². The minimum Gasteiger partial charge on any atom is -0.462 e. The highest BCUT2D eigenvalue weighted by Gasteiger charge is 2.29. The molecule has 2 aromatic rings. The second-order valence-electron chi connectivity index (χ2n) is 5.24. The number of fused-ring (bicyclic) bond motifs is 1. The van der Waals surface area contributed by atoms with Crippen LogP contribution in [0.2, 0.25) is 0 Å². The number of likely N-dealkylation sites (tertiary alicyclic amines) is 1. The fraction of sp³-hybridized carbons (Fsp3) is 0.400. The van der Waals surface area contributed by atoms with Crippen LogP contribution in [0.25, 0.3) is 5.52 Å². The highest BCUT2D eigenvalue weighted by atomic mass is 16.5. The van der Waals surface area contributed by atoms with Crippen LogP contribution in [0.3, 0.4) is 0 Å². The van der Waals surface area contributed by atoms with Crippen molar-refractivity contribution in [2.24, 2.45) is 5.92 Å². The van der Waals surface area contributed by atoms with Crippen LogP contribution in [0, 0.1) is 5.92 Å². The van der Waals surface area contributed by atoms with Crippen molar-refractivity contribution in [1.29, 1.82) is 0 Å². The summed E-state index contributed by atoms with van der Waals surface area (Å²) in [4.78, 5) is 29.5. The number of carbonyl (C=O) groups is 2. The van der Waals surface area contributed by atoms with Gasteiger partial charge in [0.1, 0.15) is 0 Å². The van der Waals surface area contributed by atoms with Gasteiger partial charge in [-0.25, -0.2) is 9.78 Å². The summed E-state index contributed by atoms with van der Waals surface area (Å²) in [5, 5.41) is 0. The Morgan fingerprint density at radius 1 is 1.52 bits per heavy atom. The van der Waals surface area contributed by atoms with Gasteiger partial charge in [0.25, 0.3) is 0 Å². The zero-order chi connectivity index (χ0) is 14.8. The third kappa shape index (κ3) is 2.74. The smallest absolute Gasteiger partial charge is 0.338 e. The lowest BCUT2D eigenvalue weighted by atomic mass is 10.1. The van der Waals surface area contributed by atoms with Crippen LogP contribution in [0.5, 0.6) is 0 Å². The Balaban J connectivity index is 1.60. The van der Waals surface area contributed by atoms with E-state index in [-0.39, 0.29) is 24.4 Å². The number of hydrogen-bond acceptors (Lipinski definition) is 4. The van der Waals surface area contributed by atoms with E-state index in [9.17, 15) is 9.59 Å². The molecule has 6 nitrogen and oxygen atoms in total. The predicted octanol–water partition coefficient (Wildman–Crippen LogP) is 1.36. The van der Waals surface area contributed by atoms with Crippen molar-refractivity contribution in [1.82, 2.24) is 14.3 Å². The number of rotatable bonds is 4. The Labute approximate surface area is 122 Å². The Morgan fingerprint density at radius 2 is 2.38 bits per heavy atom. The largest absolute Gasteiger partial charge is 0.462 e. The zero-order valence-corrected chi connectivity index (χ0v) is 11.9. The first kappa shape index (κ1) is 13.6. The quantitative estimate of drug-likeness (QED) is 0.796. The summed E-state index contributed by atoms with van der Waals surface area (Å²) in [5.41, 5.74) is 1.34. The summed E-state index contributed by atoms with van der Waals surface area (Å²) < 4.78 is 7.16. The molecule has 0 N–H and O–H groups in total. The van der Waals surface area contributed by atoms with Crippen LogP contribution >= 0.6 is 0 Å². The van der Waals surface area contributed by atoms with Gasteiger partial charge in [0.15, 0.2) is 0 Å². The predicted molar refractivity (Wildman–Crippen MR) is 75.8 cm³/mol. The van der Waals surface area contributed by atoms with Gasteiger partial charge in [0.05, 0.1) is 30.2 Å². The fourth-order valence-corrected chi connectivity index (χ4v) is 2.59. The van der Waals surface area contributed by atoms with Crippen LogP contribution in [0.15, 0.2) is 30.9 Å². The lowest BCUT2D eigenvalue weighted by Crippen LogP contribution is -2.25. The molecule has 0 bridgehead atoms. The third-order valence-electron chi connectivity index (χ3n) is 3.78. The van der Waals surface area contributed by atoms with E-state index in [1.165, 1.54) is 0 Å². The molecule has 6 heteroatoms. The van der Waals surface area contributed by atoms with E-state index in [4.69, 9.17) is 4.74 Å². The first-order chi connectivity index (χ1) is 10.2. The lowest BCUT2D eigenvalue weighted by Gasteiger charge is -2.13. The summed E-state index contributed by atoms with van der Waals surface area (Å²) in [6.07, 6.45) is 5.60. The minimum absolute atomic E-state index is 0.0973. The molecular formula is C15H17N3O3. The molecule has 1 aliphatic heterocycles. The van der Waals surface area contributed by atoms with Crippen LogP contribution < -0.4 is 0 Å². The number of pyridine rings is 1. The van der Waals surface area contributed by atoms with Crippen LogP contribution in [-0.2, 0) is 9.53 Å². The lowest BCUT2D eigenvalue weighted by molar-refractivity contribution is -0.127. The van der Waals surface area contributed by atoms with Crippen molar-refractivity contribution >= 4 is 17.4 Å². The van der Waals surface area contributed by atoms with Gasteiger partial charge in [0, 0.05) is 31.6 Å². The Bertz CT molecular complexity index is 680. The van der Waals surface area contributed by atoms with Gasteiger partial charge >= 0.3 is 5.97 Å². The Morgan fingerprint density at radius 3 is 3.14 bits per heavy atom. The molecule has 2 aromatic heterocycles. The van der Waals surface area contributed by atoms with Crippen molar-refractivity contribution in [2.45, 2.75) is 13.3 Å². The molecule has 1 fully saturated rings. The highest BCUT2D eigenvalue weighted by Crippen LogP contribution is 2.18. The molecule has 3 rings (SSSR count). The molecule has 1 atom stereocenters. The third-order valence-corrected chi connectivity index (χ3v) is 3.78. The number of nitrogens with zero attached hydrogens (tertiary/aromatic N) is 3. The van der Waals surface area contributed by atoms with Gasteiger partial charge in [-0.2, -0.15) is 0 Å². The molecule has 0 spiro atoms. The first-order valence-corrected chi connectivity index (χ1v) is 7.04. The van der Waals surface area contributed by atoms with E-state index in [0.717, 1.165) is 5.52 Å². The minimum atomic E-state index is -0.360. The van der Waals surface area contributed by atoms with Crippen molar-refractivity contribution < 1.29 is 14.3 Å². The highest BCUT2D eigenvalue weighted by molar-refractivity contribution is 5.90. The fourth-order valence-electron chi connectivity index (χ4n) is 2.59. The van der Waals surface area contributed by atoms with Gasteiger partial charge in [-0.1, -0.05) is 0 Å². The van der Waals surface area contributed by atoms with Crippen LogP contribution in [0.4, 0.5) is 0 Å². The number of imidazole rings is 1. The van der Waals surface area contributed by atoms with Gasteiger partial charge in [-0.05, 0) is 19.1 Å². The number of esters is 1. The van der Waals surface area contributed by atoms with Crippen LogP contribution in [-0.4, -0.2) is 45.9 Å². The van der Waals surface area contributed by atoms with E-state index >= 15 is 0 Å². The molecule has 110 valence electrons. The Hall–Kier alpha value is -2.37. The second-order valence-corrected chi connectivity index (χ2v) is 5.24. The molecule has 21 heavy (non-hydrogen) atoms. The van der Waals surface area contributed by atoms with Gasteiger partial charge in [0.2, 0.25) is 5.91 Å². The topological polar surface area (TPSA) is 63.9 Å². The van der Waals surface area contributed by atoms with Crippen molar-refractivity contribution in [3.05, 3.63) is 36.4 Å². The summed E-state index contributed by atoms with van der Waals surface area (Å²) in [5.74, 6) is -0.125. The number of hydrogen-bond donors (Lipinski definition) is 0. The summed E-state index contributed by atoms with van der Waals surface area (Å²) in [6, 6.07) is 3.45. The molecule has 1 aliphatic rings. The molecule has 0 saturated carbocycles. The number of amides is 1. The van der Waals surface area contributed by atoms with Gasteiger partial charge in [-0.3, -0.25) is 4.79 Å². The SMILES string of the molecule is CCN1CC(COC(=O)c2ccn3cncc3c2)CC1=O. The second kappa shape index (κ2) is 5.55. The normalized spacial score (nSPS) is 18.4. The van der Waals surface area contributed by atoms with Gasteiger partial charge < -0.3 is 14.0 Å². The number of aromatic nitrogens is 2. The average molecular weight is 287 g/mol. The first-order valence-electron chi connectivity index (χ1n) is 7.04. The summed E-state index contributed by atoms with van der Waals surface area (Å²) >= 11 is 0. The van der Waals surface area contributed by atoms with Crippen molar-refractivity contribution in [3.8, 4) is 0 Å². The molecule has 0 radical (unpaired) electrons. The molecule has 1 unspecified atom stereocenters. The molecule has 0 aliphatic carbocycles. The molecule has 1 saturated heterocycles. The maximum Gasteiger partial charge on any atom is 0.338 e. The average Bonchev–Trinajstić information content (AvgIpc) is 3.09. The van der Waals surface area contributed by atoms with E-state index in [2.05, 4.69) is 4.98 Å². The maximum atomic E-state index is 12.0. The molecule has 1 amide bonds. The zero-order valence-electron chi connectivity index (χ0n) is 11.9. The van der Waals surface area contributed by atoms with Crippen molar-refractivity contribution in [3.63, 3.8) is 0 Å². The Kier molecular flexibility index (Phi) is 3.60. The number of ether oxygens (including phenoxy) is 1. The van der Waals surface area contributed by atoms with Crippen molar-refractivity contribution in [2.75, 3.05) is 19.7 Å². The van der Waals surface area contributed by atoms with Gasteiger partial charge in [-0.15, -0.1) is 0 Å². The maximum absolute atomic E-state index is 12.0. The molecule has 3 heterocycles. The molecular weight excluding hydrogens is 270 g/mol. The standard InChI is InChI=1S/C15H17N3O3/c1-2-17-8-11(5-14(17)19)9-21-15(20)12-3-4-18-10-16-7-13(18)6-12/h3-4,6-7,10-11H,2,5,8-9H2,1H3. The van der Waals surface area contributed by atoms with E-state index < -0.39 is 0 Å².